The molecule has 0 radical (unpaired) electrons. The summed E-state index contributed by atoms with van der Waals surface area (Å²) >= 11 is 5.70. The number of hydrogen-bond donors (Lipinski definition) is 2. The third-order valence-corrected chi connectivity index (χ3v) is 1.46. The lowest BCUT2D eigenvalue weighted by atomic mass is 10.3. The van der Waals surface area contributed by atoms with Crippen molar-refractivity contribution in [3.63, 3.8) is 0 Å². The Hall–Kier alpha value is -0.930. The predicted octanol–water partition coefficient (Wildman–Crippen LogP) is 2.25. The standard InChI is InChI=1S/C7H7ClN2O.ClH/c8-5-3-1-2-4-6(5)10-7(9)11;/h1-4H,(H3,9,10,11);1H. The Bertz CT molecular complexity index is 278. The molecule has 66 valence electrons. The first kappa shape index (κ1) is 11.1. The van der Waals surface area contributed by atoms with Crippen LogP contribution in [-0.2, 0) is 0 Å². The van der Waals surface area contributed by atoms with Gasteiger partial charge in [-0.05, 0) is 12.1 Å². The maximum Gasteiger partial charge on any atom is 0.316 e. The predicted molar refractivity (Wildman–Crippen MR) is 51.9 cm³/mol. The number of anilines is 1. The summed E-state index contributed by atoms with van der Waals surface area (Å²) in [4.78, 5) is 10.4. The molecule has 3 N–H and O–H groups in total. The molecular formula is C7H8Cl2N2O. The summed E-state index contributed by atoms with van der Waals surface area (Å²) < 4.78 is 0. The molecule has 0 bridgehead atoms. The molecule has 0 unspecified atom stereocenters. The normalized spacial score (nSPS) is 8.42. The number of benzene rings is 1. The molecule has 0 saturated heterocycles. The molecule has 1 aromatic rings. The number of para-hydroxylation sites is 1. The van der Waals surface area contributed by atoms with Gasteiger partial charge in [-0.1, -0.05) is 23.7 Å². The first-order chi connectivity index (χ1) is 5.20. The number of primary amides is 1. The Morgan fingerprint density at radius 1 is 1.42 bits per heavy atom. The number of hydrogen-bond acceptors (Lipinski definition) is 1. The lowest BCUT2D eigenvalue weighted by Gasteiger charge is -2.01. The van der Waals surface area contributed by atoms with Gasteiger partial charge in [-0.2, -0.15) is 0 Å². The van der Waals surface area contributed by atoms with Crippen LogP contribution in [0.5, 0.6) is 0 Å². The summed E-state index contributed by atoms with van der Waals surface area (Å²) in [5.41, 5.74) is 5.41. The number of carbonyl (C=O) groups is 1. The van der Waals surface area contributed by atoms with Crippen molar-refractivity contribution in [1.82, 2.24) is 0 Å². The third-order valence-electron chi connectivity index (χ3n) is 1.13. The maximum atomic E-state index is 10.4. The number of nitrogens with two attached hydrogens (primary N) is 1. The van der Waals surface area contributed by atoms with Gasteiger partial charge < -0.3 is 11.1 Å². The van der Waals surface area contributed by atoms with E-state index in [1.165, 1.54) is 0 Å². The van der Waals surface area contributed by atoms with Crippen LogP contribution < -0.4 is 11.1 Å². The van der Waals surface area contributed by atoms with Crippen LogP contribution in [0.4, 0.5) is 10.5 Å². The topological polar surface area (TPSA) is 55.1 Å². The smallest absolute Gasteiger partial charge is 0.316 e. The van der Waals surface area contributed by atoms with Crippen LogP contribution in [0.1, 0.15) is 0 Å². The number of amides is 2. The van der Waals surface area contributed by atoms with Crippen LogP contribution in [0.15, 0.2) is 24.3 Å². The molecule has 0 atom stereocenters. The highest BCUT2D eigenvalue weighted by molar-refractivity contribution is 6.33. The van der Waals surface area contributed by atoms with Crippen molar-refractivity contribution in [1.29, 1.82) is 0 Å². The molecule has 5 heteroatoms. The average Bonchev–Trinajstić information content (AvgIpc) is 1.93. The van der Waals surface area contributed by atoms with Crippen LogP contribution in [0, 0.1) is 0 Å². The zero-order chi connectivity index (χ0) is 8.27. The number of urea groups is 1. The third kappa shape index (κ3) is 2.98. The molecule has 0 aliphatic heterocycles. The molecule has 0 heterocycles. The fraction of sp³-hybridized carbons (Fsp3) is 0. The summed E-state index contributed by atoms with van der Waals surface area (Å²) in [6, 6.07) is 6.27. The van der Waals surface area contributed by atoms with Crippen LogP contribution >= 0.6 is 24.0 Å². The van der Waals surface area contributed by atoms with Gasteiger partial charge in [0.25, 0.3) is 0 Å². The summed E-state index contributed by atoms with van der Waals surface area (Å²) in [5.74, 6) is 0. The van der Waals surface area contributed by atoms with Crippen molar-refractivity contribution in [2.24, 2.45) is 5.73 Å². The van der Waals surface area contributed by atoms with Crippen molar-refractivity contribution in [2.45, 2.75) is 0 Å². The molecule has 0 spiro atoms. The quantitative estimate of drug-likeness (QED) is 0.728. The first-order valence-electron chi connectivity index (χ1n) is 3.01. The number of carbonyl (C=O) groups excluding carboxylic acids is 1. The van der Waals surface area contributed by atoms with Crippen LogP contribution in [-0.4, -0.2) is 6.03 Å². The van der Waals surface area contributed by atoms with Crippen molar-refractivity contribution >= 4 is 35.7 Å². The number of rotatable bonds is 1. The highest BCUT2D eigenvalue weighted by atomic mass is 35.5. The Kier molecular flexibility index (Phi) is 4.47. The maximum absolute atomic E-state index is 10.4. The van der Waals surface area contributed by atoms with E-state index in [-0.39, 0.29) is 12.4 Å². The lowest BCUT2D eigenvalue weighted by Crippen LogP contribution is -2.19. The van der Waals surface area contributed by atoms with Gasteiger partial charge in [0.05, 0.1) is 10.7 Å². The van der Waals surface area contributed by atoms with Crippen molar-refractivity contribution < 1.29 is 4.79 Å². The van der Waals surface area contributed by atoms with Gasteiger partial charge in [0.1, 0.15) is 0 Å². The Balaban J connectivity index is 0.00000121. The largest absolute Gasteiger partial charge is 0.351 e. The number of nitrogens with one attached hydrogen (secondary N) is 1. The van der Waals surface area contributed by atoms with Gasteiger partial charge in [-0.15, -0.1) is 12.4 Å². The van der Waals surface area contributed by atoms with E-state index < -0.39 is 6.03 Å². The molecule has 0 fully saturated rings. The molecule has 1 aromatic carbocycles. The highest BCUT2D eigenvalue weighted by Crippen LogP contribution is 2.19. The molecule has 0 aromatic heterocycles. The van der Waals surface area contributed by atoms with Gasteiger partial charge >= 0.3 is 6.03 Å². The van der Waals surface area contributed by atoms with Gasteiger partial charge in [0, 0.05) is 0 Å². The first-order valence-corrected chi connectivity index (χ1v) is 3.39. The number of halogens is 2. The SMILES string of the molecule is Cl.NC(=O)Nc1ccccc1Cl. The summed E-state index contributed by atoms with van der Waals surface area (Å²) in [7, 11) is 0. The fourth-order valence-electron chi connectivity index (χ4n) is 0.695. The summed E-state index contributed by atoms with van der Waals surface area (Å²) in [6.45, 7) is 0. The minimum Gasteiger partial charge on any atom is -0.351 e. The lowest BCUT2D eigenvalue weighted by molar-refractivity contribution is 0.259. The molecular weight excluding hydrogens is 199 g/mol. The minimum atomic E-state index is -0.613. The Morgan fingerprint density at radius 3 is 2.50 bits per heavy atom. The molecule has 12 heavy (non-hydrogen) atoms. The Labute approximate surface area is 81.3 Å². The monoisotopic (exact) mass is 206 g/mol. The van der Waals surface area contributed by atoms with Gasteiger partial charge in [0.2, 0.25) is 0 Å². The second-order valence-electron chi connectivity index (χ2n) is 1.97. The van der Waals surface area contributed by atoms with Gasteiger partial charge in [-0.25, -0.2) is 4.79 Å². The second-order valence-corrected chi connectivity index (χ2v) is 2.38. The zero-order valence-electron chi connectivity index (χ0n) is 6.08. The second kappa shape index (κ2) is 4.85. The van der Waals surface area contributed by atoms with E-state index in [0.29, 0.717) is 10.7 Å². The summed E-state index contributed by atoms with van der Waals surface area (Å²) in [5, 5.41) is 2.86. The molecule has 0 aliphatic carbocycles. The van der Waals surface area contributed by atoms with E-state index in [1.807, 2.05) is 0 Å². The van der Waals surface area contributed by atoms with E-state index in [2.05, 4.69) is 5.32 Å². The van der Waals surface area contributed by atoms with Crippen LogP contribution in [0.25, 0.3) is 0 Å². The van der Waals surface area contributed by atoms with Gasteiger partial charge in [0.15, 0.2) is 0 Å². The molecule has 1 rings (SSSR count). The highest BCUT2D eigenvalue weighted by Gasteiger charge is 1.98. The molecule has 0 aliphatic rings. The molecule has 0 saturated carbocycles. The fourth-order valence-corrected chi connectivity index (χ4v) is 0.878. The van der Waals surface area contributed by atoms with E-state index in [9.17, 15) is 4.79 Å². The molecule has 3 nitrogen and oxygen atoms in total. The minimum absolute atomic E-state index is 0. The van der Waals surface area contributed by atoms with E-state index >= 15 is 0 Å². The average molecular weight is 207 g/mol. The van der Waals surface area contributed by atoms with Crippen LogP contribution in [0.2, 0.25) is 5.02 Å². The zero-order valence-corrected chi connectivity index (χ0v) is 7.65. The van der Waals surface area contributed by atoms with E-state index in [0.717, 1.165) is 0 Å². The van der Waals surface area contributed by atoms with Crippen molar-refractivity contribution in [2.75, 3.05) is 5.32 Å². The van der Waals surface area contributed by atoms with Crippen LogP contribution in [0.3, 0.4) is 0 Å². The van der Waals surface area contributed by atoms with E-state index in [1.54, 1.807) is 24.3 Å². The van der Waals surface area contributed by atoms with E-state index in [4.69, 9.17) is 17.3 Å². The Morgan fingerprint density at radius 2 is 2.00 bits per heavy atom. The van der Waals surface area contributed by atoms with Crippen molar-refractivity contribution in [3.05, 3.63) is 29.3 Å². The summed E-state index contributed by atoms with van der Waals surface area (Å²) in [6.07, 6.45) is 0. The van der Waals surface area contributed by atoms with Gasteiger partial charge in [-0.3, -0.25) is 0 Å². The van der Waals surface area contributed by atoms with Crippen molar-refractivity contribution in [3.8, 4) is 0 Å². The molecule has 2 amide bonds.